The number of amides is 1. The summed E-state index contributed by atoms with van der Waals surface area (Å²) in [6, 6.07) is 5.62. The molecule has 8 heteroatoms. The fourth-order valence-corrected chi connectivity index (χ4v) is 2.83. The average Bonchev–Trinajstić information content (AvgIpc) is 3.03. The maximum atomic E-state index is 12.1. The average molecular weight is 305 g/mol. The van der Waals surface area contributed by atoms with Gasteiger partial charge in [-0.2, -0.15) is 0 Å². The molecule has 0 aliphatic carbocycles. The highest BCUT2D eigenvalue weighted by atomic mass is 32.2. The van der Waals surface area contributed by atoms with Crippen molar-refractivity contribution in [2.24, 2.45) is 0 Å². The molecule has 1 saturated heterocycles. The molecule has 0 radical (unpaired) electrons. The van der Waals surface area contributed by atoms with Gasteiger partial charge in [0, 0.05) is 19.3 Å². The molecular formula is C13H15N5O2S. The Labute approximate surface area is 126 Å². The molecule has 0 atom stereocenters. The number of pyridine rings is 1. The summed E-state index contributed by atoms with van der Waals surface area (Å²) >= 11 is 1.37. The van der Waals surface area contributed by atoms with Crippen molar-refractivity contribution in [1.29, 1.82) is 0 Å². The van der Waals surface area contributed by atoms with Crippen molar-refractivity contribution in [1.82, 2.24) is 24.6 Å². The third-order valence-corrected chi connectivity index (χ3v) is 4.03. The molecule has 1 fully saturated rings. The van der Waals surface area contributed by atoms with E-state index in [1.54, 1.807) is 17.1 Å². The third-order valence-electron chi connectivity index (χ3n) is 3.10. The van der Waals surface area contributed by atoms with Crippen molar-refractivity contribution >= 4 is 17.7 Å². The van der Waals surface area contributed by atoms with Gasteiger partial charge in [0.05, 0.1) is 19.0 Å². The van der Waals surface area contributed by atoms with Crippen LogP contribution in [0, 0.1) is 0 Å². The summed E-state index contributed by atoms with van der Waals surface area (Å²) in [6.45, 7) is 2.54. The first-order valence-corrected chi connectivity index (χ1v) is 7.63. The zero-order valence-electron chi connectivity index (χ0n) is 11.4. The lowest BCUT2D eigenvalue weighted by Gasteiger charge is -2.26. The van der Waals surface area contributed by atoms with E-state index in [0.717, 1.165) is 5.82 Å². The number of nitrogens with zero attached hydrogens (tertiary/aromatic N) is 5. The summed E-state index contributed by atoms with van der Waals surface area (Å²) in [5.74, 6) is 1.17. The first-order valence-electron chi connectivity index (χ1n) is 6.64. The smallest absolute Gasteiger partial charge is 0.233 e. The number of ether oxygens (including phenoxy) is 1. The molecule has 3 rings (SSSR count). The van der Waals surface area contributed by atoms with Gasteiger partial charge in [0.2, 0.25) is 5.91 Å². The molecule has 0 spiro atoms. The van der Waals surface area contributed by atoms with Gasteiger partial charge < -0.3 is 9.64 Å². The number of rotatable bonds is 4. The second kappa shape index (κ2) is 6.68. The minimum Gasteiger partial charge on any atom is -0.378 e. The van der Waals surface area contributed by atoms with Crippen LogP contribution in [0.25, 0.3) is 5.82 Å². The van der Waals surface area contributed by atoms with Crippen LogP contribution in [0.1, 0.15) is 0 Å². The Hall–Kier alpha value is -1.93. The van der Waals surface area contributed by atoms with Gasteiger partial charge in [0.1, 0.15) is 12.1 Å². The van der Waals surface area contributed by atoms with E-state index in [-0.39, 0.29) is 5.91 Å². The van der Waals surface area contributed by atoms with Gasteiger partial charge in [-0.1, -0.05) is 17.8 Å². The maximum Gasteiger partial charge on any atom is 0.233 e. The molecule has 0 bridgehead atoms. The summed E-state index contributed by atoms with van der Waals surface area (Å²) in [6.07, 6.45) is 3.31. The van der Waals surface area contributed by atoms with Crippen molar-refractivity contribution in [3.05, 3.63) is 30.7 Å². The van der Waals surface area contributed by atoms with E-state index in [9.17, 15) is 4.79 Å². The predicted octanol–water partition coefficient (Wildman–Crippen LogP) is 0.613. The Morgan fingerprint density at radius 1 is 1.33 bits per heavy atom. The fourth-order valence-electron chi connectivity index (χ4n) is 2.01. The molecule has 1 aliphatic heterocycles. The van der Waals surface area contributed by atoms with Crippen LogP contribution in [0.3, 0.4) is 0 Å². The van der Waals surface area contributed by atoms with Gasteiger partial charge >= 0.3 is 0 Å². The summed E-state index contributed by atoms with van der Waals surface area (Å²) in [7, 11) is 0. The van der Waals surface area contributed by atoms with Crippen LogP contribution in [0.5, 0.6) is 0 Å². The van der Waals surface area contributed by atoms with E-state index >= 15 is 0 Å². The van der Waals surface area contributed by atoms with E-state index in [2.05, 4.69) is 15.2 Å². The number of carbonyl (C=O) groups excluding carboxylic acids is 1. The van der Waals surface area contributed by atoms with Crippen LogP contribution in [-0.4, -0.2) is 62.6 Å². The molecule has 2 aromatic heterocycles. The second-order valence-electron chi connectivity index (χ2n) is 4.45. The number of hydrogen-bond acceptors (Lipinski definition) is 6. The van der Waals surface area contributed by atoms with Crippen LogP contribution in [0.15, 0.2) is 35.9 Å². The second-order valence-corrected chi connectivity index (χ2v) is 5.40. The van der Waals surface area contributed by atoms with Crippen molar-refractivity contribution < 1.29 is 9.53 Å². The molecule has 3 heterocycles. The van der Waals surface area contributed by atoms with E-state index < -0.39 is 0 Å². The Balaban J connectivity index is 1.63. The Morgan fingerprint density at radius 3 is 2.95 bits per heavy atom. The lowest BCUT2D eigenvalue weighted by Crippen LogP contribution is -2.41. The highest BCUT2D eigenvalue weighted by Crippen LogP contribution is 2.18. The van der Waals surface area contributed by atoms with Crippen molar-refractivity contribution in [2.75, 3.05) is 32.1 Å². The van der Waals surface area contributed by atoms with Crippen LogP contribution in [0.2, 0.25) is 0 Å². The van der Waals surface area contributed by atoms with Crippen LogP contribution in [0.4, 0.5) is 0 Å². The Bertz CT molecular complexity index is 598. The first kappa shape index (κ1) is 14.0. The molecule has 0 unspecified atom stereocenters. The normalized spacial score (nSPS) is 15.1. The molecule has 1 amide bonds. The summed E-state index contributed by atoms with van der Waals surface area (Å²) < 4.78 is 7.02. The van der Waals surface area contributed by atoms with E-state index in [0.29, 0.717) is 37.2 Å². The number of aromatic nitrogens is 4. The molecule has 0 saturated carbocycles. The van der Waals surface area contributed by atoms with E-state index in [1.165, 1.54) is 11.8 Å². The molecule has 0 aromatic carbocycles. The van der Waals surface area contributed by atoms with Crippen LogP contribution in [-0.2, 0) is 9.53 Å². The van der Waals surface area contributed by atoms with Gasteiger partial charge in [0.15, 0.2) is 5.16 Å². The molecule has 1 aliphatic rings. The van der Waals surface area contributed by atoms with E-state index in [4.69, 9.17) is 4.74 Å². The summed E-state index contributed by atoms with van der Waals surface area (Å²) in [5.41, 5.74) is 0. The predicted molar refractivity (Wildman–Crippen MR) is 77.3 cm³/mol. The van der Waals surface area contributed by atoms with Crippen LogP contribution < -0.4 is 0 Å². The molecule has 110 valence electrons. The third kappa shape index (κ3) is 3.40. The fraction of sp³-hybridized carbons (Fsp3) is 0.385. The Morgan fingerprint density at radius 2 is 2.19 bits per heavy atom. The standard InChI is InChI=1S/C13H15N5O2S/c19-12(17-5-7-20-8-6-17)9-21-13-16-15-10-18(13)11-3-1-2-4-14-11/h1-4,10H,5-9H2. The number of thioether (sulfide) groups is 1. The zero-order valence-corrected chi connectivity index (χ0v) is 12.2. The summed E-state index contributed by atoms with van der Waals surface area (Å²) in [5, 5.41) is 8.61. The van der Waals surface area contributed by atoms with Crippen LogP contribution >= 0.6 is 11.8 Å². The monoisotopic (exact) mass is 305 g/mol. The SMILES string of the molecule is O=C(CSc1nncn1-c1ccccn1)N1CCOCC1. The van der Waals surface area contributed by atoms with Gasteiger partial charge in [-0.25, -0.2) is 4.98 Å². The number of morpholine rings is 1. The van der Waals surface area contributed by atoms with Gasteiger partial charge in [-0.05, 0) is 12.1 Å². The number of carbonyl (C=O) groups is 1. The molecule has 2 aromatic rings. The zero-order chi connectivity index (χ0) is 14.5. The minimum absolute atomic E-state index is 0.0962. The highest BCUT2D eigenvalue weighted by molar-refractivity contribution is 7.99. The summed E-state index contributed by atoms with van der Waals surface area (Å²) in [4.78, 5) is 18.2. The molecule has 0 N–H and O–H groups in total. The van der Waals surface area contributed by atoms with Gasteiger partial charge in [0.25, 0.3) is 0 Å². The van der Waals surface area contributed by atoms with Gasteiger partial charge in [-0.3, -0.25) is 9.36 Å². The molecular weight excluding hydrogens is 290 g/mol. The van der Waals surface area contributed by atoms with Crippen molar-refractivity contribution in [2.45, 2.75) is 5.16 Å². The first-order chi connectivity index (χ1) is 10.3. The quantitative estimate of drug-likeness (QED) is 0.771. The number of hydrogen-bond donors (Lipinski definition) is 0. The van der Waals surface area contributed by atoms with Gasteiger partial charge in [-0.15, -0.1) is 10.2 Å². The maximum absolute atomic E-state index is 12.1. The topological polar surface area (TPSA) is 73.1 Å². The van der Waals surface area contributed by atoms with Crippen molar-refractivity contribution in [3.8, 4) is 5.82 Å². The van der Waals surface area contributed by atoms with E-state index in [1.807, 2.05) is 23.1 Å². The highest BCUT2D eigenvalue weighted by Gasteiger charge is 2.18. The van der Waals surface area contributed by atoms with Crippen molar-refractivity contribution in [3.63, 3.8) is 0 Å². The lowest BCUT2D eigenvalue weighted by atomic mass is 10.4. The minimum atomic E-state index is 0.0962. The Kier molecular flexibility index (Phi) is 4.46. The molecule has 21 heavy (non-hydrogen) atoms. The molecule has 7 nitrogen and oxygen atoms in total. The lowest BCUT2D eigenvalue weighted by molar-refractivity contribution is -0.132. The largest absolute Gasteiger partial charge is 0.378 e.